The van der Waals surface area contributed by atoms with Crippen LogP contribution < -0.4 is 0 Å². The number of hydrogen-bond donors (Lipinski definition) is 1. The van der Waals surface area contributed by atoms with Gasteiger partial charge >= 0.3 is 0 Å². The van der Waals surface area contributed by atoms with Crippen molar-refractivity contribution in [3.05, 3.63) is 70.9 Å². The van der Waals surface area contributed by atoms with Crippen LogP contribution in [0.1, 0.15) is 38.4 Å². The van der Waals surface area contributed by atoms with E-state index in [1.807, 2.05) is 24.3 Å². The predicted molar refractivity (Wildman–Crippen MR) is 91.1 cm³/mol. The van der Waals surface area contributed by atoms with Gasteiger partial charge < -0.3 is 4.98 Å². The molecule has 0 unspecified atom stereocenters. The molecule has 0 saturated carbocycles. The molecule has 0 saturated heterocycles. The molecule has 1 aromatic heterocycles. The van der Waals surface area contributed by atoms with Crippen LogP contribution in [0.4, 0.5) is 0 Å². The SMILES string of the molecule is O=C1c2ccccc2C(=O)N1[C@@H]1CCc2[nH]c3ccccc3c2C1. The third-order valence-corrected chi connectivity index (χ3v) is 5.26. The summed E-state index contributed by atoms with van der Waals surface area (Å²) in [7, 11) is 0. The predicted octanol–water partition coefficient (Wildman–Crippen LogP) is 3.32. The number of imide groups is 1. The number of fused-ring (bicyclic) bond motifs is 4. The zero-order valence-electron chi connectivity index (χ0n) is 13.1. The zero-order chi connectivity index (χ0) is 16.3. The first-order valence-corrected chi connectivity index (χ1v) is 8.29. The second-order valence-corrected chi connectivity index (χ2v) is 6.55. The van der Waals surface area contributed by atoms with E-state index >= 15 is 0 Å². The van der Waals surface area contributed by atoms with Gasteiger partial charge in [-0.2, -0.15) is 0 Å². The Hall–Kier alpha value is -2.88. The van der Waals surface area contributed by atoms with Crippen molar-refractivity contribution in [3.63, 3.8) is 0 Å². The third-order valence-electron chi connectivity index (χ3n) is 5.26. The summed E-state index contributed by atoms with van der Waals surface area (Å²) in [6.07, 6.45) is 2.40. The Bertz CT molecular complexity index is 967. The molecule has 0 spiro atoms. The minimum absolute atomic E-state index is 0.0656. The van der Waals surface area contributed by atoms with Gasteiger partial charge in [-0.15, -0.1) is 0 Å². The van der Waals surface area contributed by atoms with Crippen molar-refractivity contribution in [2.24, 2.45) is 0 Å². The summed E-state index contributed by atoms with van der Waals surface area (Å²) in [5.41, 5.74) is 4.69. The Balaban J connectivity index is 1.54. The molecule has 1 N–H and O–H groups in total. The smallest absolute Gasteiger partial charge is 0.261 e. The monoisotopic (exact) mass is 316 g/mol. The van der Waals surface area contributed by atoms with Crippen LogP contribution in [0.3, 0.4) is 0 Å². The summed E-state index contributed by atoms with van der Waals surface area (Å²) in [5.74, 6) is -0.298. The summed E-state index contributed by atoms with van der Waals surface area (Å²) in [4.78, 5) is 30.4. The molecule has 3 aromatic rings. The minimum atomic E-state index is -0.149. The number of amides is 2. The number of carbonyl (C=O) groups is 2. The molecule has 1 aliphatic heterocycles. The minimum Gasteiger partial charge on any atom is -0.358 e. The van der Waals surface area contributed by atoms with Gasteiger partial charge in [0.15, 0.2) is 0 Å². The number of aromatic nitrogens is 1. The Labute approximate surface area is 139 Å². The number of nitrogens with one attached hydrogen (secondary N) is 1. The van der Waals surface area contributed by atoms with E-state index in [2.05, 4.69) is 17.1 Å². The van der Waals surface area contributed by atoms with Crippen LogP contribution in [-0.2, 0) is 12.8 Å². The molecule has 0 radical (unpaired) electrons. The van der Waals surface area contributed by atoms with Crippen LogP contribution >= 0.6 is 0 Å². The number of aromatic amines is 1. The normalized spacial score (nSPS) is 19.7. The Kier molecular flexibility index (Phi) is 2.71. The molecule has 4 nitrogen and oxygen atoms in total. The lowest BCUT2D eigenvalue weighted by atomic mass is 9.90. The van der Waals surface area contributed by atoms with Crippen LogP contribution in [0.2, 0.25) is 0 Å². The highest BCUT2D eigenvalue weighted by atomic mass is 16.2. The molecule has 2 amide bonds. The van der Waals surface area contributed by atoms with Gasteiger partial charge in [-0.25, -0.2) is 0 Å². The molecule has 24 heavy (non-hydrogen) atoms. The standard InChI is InChI=1S/C20H16N2O2/c23-19-14-6-1-2-7-15(14)20(24)22(19)12-9-10-18-16(11-12)13-5-3-4-8-17(13)21-18/h1-8,12,21H,9-11H2/t12-/m1/s1. The second kappa shape index (κ2) is 4.81. The lowest BCUT2D eigenvalue weighted by Gasteiger charge is -2.29. The van der Waals surface area contributed by atoms with Gasteiger partial charge in [0.1, 0.15) is 0 Å². The third kappa shape index (κ3) is 1.74. The maximum atomic E-state index is 12.7. The maximum absolute atomic E-state index is 12.7. The van der Waals surface area contributed by atoms with E-state index in [4.69, 9.17) is 0 Å². The molecule has 1 atom stereocenters. The van der Waals surface area contributed by atoms with Gasteiger partial charge in [-0.1, -0.05) is 30.3 Å². The molecular weight excluding hydrogens is 300 g/mol. The summed E-state index contributed by atoms with van der Waals surface area (Å²) < 4.78 is 0. The maximum Gasteiger partial charge on any atom is 0.261 e. The molecule has 0 bridgehead atoms. The lowest BCUT2D eigenvalue weighted by Crippen LogP contribution is -2.43. The zero-order valence-corrected chi connectivity index (χ0v) is 13.1. The number of rotatable bonds is 1. The highest BCUT2D eigenvalue weighted by Gasteiger charge is 2.41. The van der Waals surface area contributed by atoms with E-state index in [0.29, 0.717) is 11.1 Å². The van der Waals surface area contributed by atoms with Crippen molar-refractivity contribution in [3.8, 4) is 0 Å². The molecule has 1 aliphatic carbocycles. The van der Waals surface area contributed by atoms with E-state index in [9.17, 15) is 9.59 Å². The summed E-state index contributed by atoms with van der Waals surface area (Å²) in [6.45, 7) is 0. The van der Waals surface area contributed by atoms with Crippen LogP contribution in [-0.4, -0.2) is 27.7 Å². The fourth-order valence-corrected chi connectivity index (χ4v) is 4.11. The molecule has 5 rings (SSSR count). The van der Waals surface area contributed by atoms with Crippen molar-refractivity contribution in [2.45, 2.75) is 25.3 Å². The molecule has 118 valence electrons. The van der Waals surface area contributed by atoms with Crippen LogP contribution in [0, 0.1) is 0 Å². The lowest BCUT2D eigenvalue weighted by molar-refractivity contribution is 0.0571. The average Bonchev–Trinajstić information content (AvgIpc) is 3.11. The van der Waals surface area contributed by atoms with E-state index in [1.54, 1.807) is 12.1 Å². The number of benzene rings is 2. The highest BCUT2D eigenvalue weighted by Crippen LogP contribution is 2.34. The first-order chi connectivity index (χ1) is 11.7. The molecule has 2 heterocycles. The van der Waals surface area contributed by atoms with Crippen LogP contribution in [0.25, 0.3) is 10.9 Å². The topological polar surface area (TPSA) is 53.2 Å². The highest BCUT2D eigenvalue weighted by molar-refractivity contribution is 6.21. The molecular formula is C20H16N2O2. The fourth-order valence-electron chi connectivity index (χ4n) is 4.11. The van der Waals surface area contributed by atoms with Gasteiger partial charge in [0.2, 0.25) is 0 Å². The van der Waals surface area contributed by atoms with E-state index < -0.39 is 0 Å². The van der Waals surface area contributed by atoms with Crippen molar-refractivity contribution in [1.29, 1.82) is 0 Å². The Morgan fingerprint density at radius 1 is 0.917 bits per heavy atom. The van der Waals surface area contributed by atoms with Crippen molar-refractivity contribution in [1.82, 2.24) is 9.88 Å². The summed E-state index contributed by atoms with van der Waals surface area (Å²) >= 11 is 0. The van der Waals surface area contributed by atoms with E-state index in [0.717, 1.165) is 24.8 Å². The van der Waals surface area contributed by atoms with E-state index in [-0.39, 0.29) is 17.9 Å². The first kappa shape index (κ1) is 13.5. The molecule has 2 aliphatic rings. The number of para-hydroxylation sites is 1. The number of hydrogen-bond acceptors (Lipinski definition) is 2. The molecule has 2 aromatic carbocycles. The van der Waals surface area contributed by atoms with Gasteiger partial charge in [-0.05, 0) is 43.0 Å². The van der Waals surface area contributed by atoms with Gasteiger partial charge in [-0.3, -0.25) is 14.5 Å². The summed E-state index contributed by atoms with van der Waals surface area (Å²) in [5, 5.41) is 1.20. The molecule has 4 heteroatoms. The first-order valence-electron chi connectivity index (χ1n) is 8.29. The van der Waals surface area contributed by atoms with Gasteiger partial charge in [0.05, 0.1) is 11.1 Å². The molecule has 0 fully saturated rings. The summed E-state index contributed by atoms with van der Waals surface area (Å²) in [6, 6.07) is 15.3. The quantitative estimate of drug-likeness (QED) is 0.700. The Morgan fingerprint density at radius 3 is 2.33 bits per heavy atom. The number of nitrogens with zero attached hydrogens (tertiary/aromatic N) is 1. The number of carbonyl (C=O) groups excluding carboxylic acids is 2. The second-order valence-electron chi connectivity index (χ2n) is 6.55. The van der Waals surface area contributed by atoms with Crippen molar-refractivity contribution >= 4 is 22.7 Å². The number of aryl methyl sites for hydroxylation is 1. The fraction of sp³-hybridized carbons (Fsp3) is 0.200. The van der Waals surface area contributed by atoms with Crippen molar-refractivity contribution in [2.75, 3.05) is 0 Å². The van der Waals surface area contributed by atoms with Crippen LogP contribution in [0.5, 0.6) is 0 Å². The van der Waals surface area contributed by atoms with Gasteiger partial charge in [0, 0.05) is 22.6 Å². The van der Waals surface area contributed by atoms with Crippen LogP contribution in [0.15, 0.2) is 48.5 Å². The van der Waals surface area contributed by atoms with E-state index in [1.165, 1.54) is 21.5 Å². The van der Waals surface area contributed by atoms with Gasteiger partial charge in [0.25, 0.3) is 11.8 Å². The number of H-pyrrole nitrogens is 1. The Morgan fingerprint density at radius 2 is 1.58 bits per heavy atom. The average molecular weight is 316 g/mol. The largest absolute Gasteiger partial charge is 0.358 e. The van der Waals surface area contributed by atoms with Crippen molar-refractivity contribution < 1.29 is 9.59 Å².